The van der Waals surface area contributed by atoms with Gasteiger partial charge in [0.1, 0.15) is 11.6 Å². The summed E-state index contributed by atoms with van der Waals surface area (Å²) >= 11 is 9.19. The van der Waals surface area contributed by atoms with Crippen LogP contribution < -0.4 is 4.90 Å². The molecule has 1 saturated heterocycles. The predicted molar refractivity (Wildman–Crippen MR) is 92.1 cm³/mol. The van der Waals surface area contributed by atoms with Crippen LogP contribution in [0.2, 0.25) is 5.28 Å². The van der Waals surface area contributed by atoms with Crippen molar-refractivity contribution in [2.45, 2.75) is 4.90 Å². The Morgan fingerprint density at radius 3 is 2.38 bits per heavy atom. The fourth-order valence-electron chi connectivity index (χ4n) is 2.45. The standard InChI is InChI=1S/C14H13BrClFN4O2S/c15-12-9-18-14(16)19-13(12)20-5-7-21(8-6-20)24(22,23)11-3-1-10(17)2-4-11/h1-4,9H,5-8H2. The normalized spacial score (nSPS) is 16.4. The molecule has 0 N–H and O–H groups in total. The lowest BCUT2D eigenvalue weighted by Gasteiger charge is -2.35. The maximum absolute atomic E-state index is 13.0. The number of hydrogen-bond acceptors (Lipinski definition) is 5. The first-order valence-corrected chi connectivity index (χ1v) is 9.68. The summed E-state index contributed by atoms with van der Waals surface area (Å²) in [6.07, 6.45) is 1.56. The minimum Gasteiger partial charge on any atom is -0.353 e. The van der Waals surface area contributed by atoms with Gasteiger partial charge in [-0.15, -0.1) is 0 Å². The van der Waals surface area contributed by atoms with Crippen LogP contribution in [0.3, 0.4) is 0 Å². The van der Waals surface area contributed by atoms with E-state index >= 15 is 0 Å². The summed E-state index contributed by atoms with van der Waals surface area (Å²) in [6, 6.07) is 4.84. The molecule has 1 aromatic carbocycles. The molecule has 10 heteroatoms. The minimum atomic E-state index is -3.63. The van der Waals surface area contributed by atoms with Crippen molar-refractivity contribution in [3.63, 3.8) is 0 Å². The monoisotopic (exact) mass is 434 g/mol. The minimum absolute atomic E-state index is 0.0867. The average molecular weight is 436 g/mol. The second-order valence-corrected chi connectivity index (χ2v) is 8.29. The molecular weight excluding hydrogens is 423 g/mol. The Morgan fingerprint density at radius 1 is 1.12 bits per heavy atom. The number of nitrogens with zero attached hydrogens (tertiary/aromatic N) is 4. The van der Waals surface area contributed by atoms with E-state index in [-0.39, 0.29) is 10.2 Å². The summed E-state index contributed by atoms with van der Waals surface area (Å²) in [5, 5.41) is 0.134. The van der Waals surface area contributed by atoms with Crippen LogP contribution in [0.1, 0.15) is 0 Å². The van der Waals surface area contributed by atoms with Crippen LogP contribution in [0.5, 0.6) is 0 Å². The highest BCUT2D eigenvalue weighted by molar-refractivity contribution is 9.10. The van der Waals surface area contributed by atoms with Crippen molar-refractivity contribution < 1.29 is 12.8 Å². The first-order chi connectivity index (χ1) is 11.4. The Balaban J connectivity index is 1.75. The molecule has 0 aliphatic carbocycles. The number of aromatic nitrogens is 2. The van der Waals surface area contributed by atoms with Crippen molar-refractivity contribution >= 4 is 43.4 Å². The Bertz CT molecular complexity index is 842. The number of piperazine rings is 1. The highest BCUT2D eigenvalue weighted by Gasteiger charge is 2.29. The van der Waals surface area contributed by atoms with Gasteiger partial charge in [-0.2, -0.15) is 9.29 Å². The SMILES string of the molecule is O=S(=O)(c1ccc(F)cc1)N1CCN(c2nc(Cl)ncc2Br)CC1. The van der Waals surface area contributed by atoms with E-state index in [0.717, 1.165) is 12.1 Å². The molecule has 1 aliphatic rings. The van der Waals surface area contributed by atoms with Gasteiger partial charge >= 0.3 is 0 Å². The maximum atomic E-state index is 13.0. The number of sulfonamides is 1. The molecule has 6 nitrogen and oxygen atoms in total. The summed E-state index contributed by atoms with van der Waals surface area (Å²) in [5.41, 5.74) is 0. The maximum Gasteiger partial charge on any atom is 0.243 e. The summed E-state index contributed by atoms with van der Waals surface area (Å²) < 4.78 is 40.2. The Hall–Kier alpha value is -1.29. The van der Waals surface area contributed by atoms with Crippen LogP contribution in [0.4, 0.5) is 10.2 Å². The van der Waals surface area contributed by atoms with Crippen LogP contribution in [0.25, 0.3) is 0 Å². The number of benzene rings is 1. The summed E-state index contributed by atoms with van der Waals surface area (Å²) in [7, 11) is -3.63. The van der Waals surface area contributed by atoms with Gasteiger partial charge in [0.15, 0.2) is 0 Å². The van der Waals surface area contributed by atoms with Crippen LogP contribution in [-0.4, -0.2) is 48.9 Å². The Labute approximate surface area is 152 Å². The fraction of sp³-hybridized carbons (Fsp3) is 0.286. The molecular formula is C14H13BrClFN4O2S. The number of hydrogen-bond donors (Lipinski definition) is 0. The van der Waals surface area contributed by atoms with Gasteiger partial charge in [-0.05, 0) is 51.8 Å². The van der Waals surface area contributed by atoms with Gasteiger partial charge in [-0.3, -0.25) is 0 Å². The number of anilines is 1. The molecule has 1 aromatic heterocycles. The molecule has 0 atom stereocenters. The van der Waals surface area contributed by atoms with Crippen molar-refractivity contribution in [3.8, 4) is 0 Å². The smallest absolute Gasteiger partial charge is 0.243 e. The third-order valence-electron chi connectivity index (χ3n) is 3.69. The van der Waals surface area contributed by atoms with Crippen LogP contribution in [0.15, 0.2) is 39.8 Å². The van der Waals surface area contributed by atoms with Crippen molar-refractivity contribution in [2.24, 2.45) is 0 Å². The average Bonchev–Trinajstić information content (AvgIpc) is 2.57. The Morgan fingerprint density at radius 2 is 1.75 bits per heavy atom. The van der Waals surface area contributed by atoms with Gasteiger partial charge in [0, 0.05) is 32.4 Å². The zero-order valence-electron chi connectivity index (χ0n) is 12.4. The highest BCUT2D eigenvalue weighted by atomic mass is 79.9. The van der Waals surface area contributed by atoms with Gasteiger partial charge in [-0.1, -0.05) is 0 Å². The molecule has 1 aliphatic heterocycles. The van der Waals surface area contributed by atoms with Crippen molar-refractivity contribution in [1.29, 1.82) is 0 Å². The molecule has 1 fully saturated rings. The third kappa shape index (κ3) is 3.53. The van der Waals surface area contributed by atoms with E-state index in [9.17, 15) is 12.8 Å². The summed E-state index contributed by atoms with van der Waals surface area (Å²) in [5.74, 6) is 0.165. The molecule has 3 rings (SSSR count). The van der Waals surface area contributed by atoms with Crippen LogP contribution in [0, 0.1) is 5.82 Å². The van der Waals surface area contributed by atoms with E-state index in [1.807, 2.05) is 4.90 Å². The fourth-order valence-corrected chi connectivity index (χ4v) is 4.45. The summed E-state index contributed by atoms with van der Waals surface area (Å²) in [4.78, 5) is 10.1. The van der Waals surface area contributed by atoms with E-state index in [2.05, 4.69) is 25.9 Å². The molecule has 0 amide bonds. The van der Waals surface area contributed by atoms with Gasteiger partial charge in [0.05, 0.1) is 9.37 Å². The molecule has 0 spiro atoms. The second kappa shape index (κ2) is 6.91. The van der Waals surface area contributed by atoms with Crippen LogP contribution in [-0.2, 0) is 10.0 Å². The van der Waals surface area contributed by atoms with Gasteiger partial charge in [-0.25, -0.2) is 17.8 Å². The molecule has 2 aromatic rings. The molecule has 0 saturated carbocycles. The van der Waals surface area contributed by atoms with Gasteiger partial charge in [0.25, 0.3) is 0 Å². The highest BCUT2D eigenvalue weighted by Crippen LogP contribution is 2.26. The van der Waals surface area contributed by atoms with Gasteiger partial charge < -0.3 is 4.90 Å². The molecule has 0 radical (unpaired) electrons. The molecule has 24 heavy (non-hydrogen) atoms. The zero-order chi connectivity index (χ0) is 17.3. The van der Waals surface area contributed by atoms with Crippen molar-refractivity contribution in [3.05, 3.63) is 46.0 Å². The summed E-state index contributed by atoms with van der Waals surface area (Å²) in [6.45, 7) is 1.53. The lowest BCUT2D eigenvalue weighted by Crippen LogP contribution is -2.49. The van der Waals surface area contributed by atoms with Crippen LogP contribution >= 0.6 is 27.5 Å². The number of halogens is 3. The Kier molecular flexibility index (Phi) is 5.05. The van der Waals surface area contributed by atoms with Crippen molar-refractivity contribution in [1.82, 2.24) is 14.3 Å². The van der Waals surface area contributed by atoms with E-state index in [1.165, 1.54) is 16.4 Å². The molecule has 2 heterocycles. The largest absolute Gasteiger partial charge is 0.353 e. The quantitative estimate of drug-likeness (QED) is 0.693. The second-order valence-electron chi connectivity index (χ2n) is 5.16. The predicted octanol–water partition coefficient (Wildman–Crippen LogP) is 2.54. The molecule has 128 valence electrons. The van der Waals surface area contributed by atoms with Crippen molar-refractivity contribution in [2.75, 3.05) is 31.1 Å². The molecule has 0 unspecified atom stereocenters. The zero-order valence-corrected chi connectivity index (χ0v) is 15.5. The number of rotatable bonds is 3. The van der Waals surface area contributed by atoms with E-state index in [4.69, 9.17) is 11.6 Å². The first-order valence-electron chi connectivity index (χ1n) is 7.06. The lowest BCUT2D eigenvalue weighted by molar-refractivity contribution is 0.383. The topological polar surface area (TPSA) is 66.4 Å². The van der Waals surface area contributed by atoms with E-state index in [1.54, 1.807) is 6.20 Å². The lowest BCUT2D eigenvalue weighted by atomic mass is 10.3. The van der Waals surface area contributed by atoms with E-state index in [0.29, 0.717) is 36.5 Å². The van der Waals surface area contributed by atoms with E-state index < -0.39 is 15.8 Å². The van der Waals surface area contributed by atoms with Gasteiger partial charge in [0.2, 0.25) is 15.3 Å². The molecule has 0 bridgehead atoms. The third-order valence-corrected chi connectivity index (χ3v) is 6.34. The first kappa shape index (κ1) is 17.5.